The zero-order valence-corrected chi connectivity index (χ0v) is 13.1. The third kappa shape index (κ3) is 4.26. The van der Waals surface area contributed by atoms with Crippen molar-refractivity contribution in [3.63, 3.8) is 0 Å². The molecule has 19 heavy (non-hydrogen) atoms. The van der Waals surface area contributed by atoms with Gasteiger partial charge in [0.15, 0.2) is 0 Å². The van der Waals surface area contributed by atoms with E-state index in [-0.39, 0.29) is 0 Å². The molecule has 0 radical (unpaired) electrons. The number of benzene rings is 2. The standard InChI is InChI=1S/C16H16BrClO/c1-19-15-9-5-13(6-10-15)16(17)11-4-12-2-7-14(18)8-3-12/h2-3,5-10,16H,4,11H2,1H3. The molecule has 0 amide bonds. The molecule has 0 heterocycles. The highest BCUT2D eigenvalue weighted by molar-refractivity contribution is 9.09. The van der Waals surface area contributed by atoms with Crippen LogP contribution in [0.1, 0.15) is 22.4 Å². The van der Waals surface area contributed by atoms with Crippen LogP contribution in [0, 0.1) is 0 Å². The monoisotopic (exact) mass is 338 g/mol. The summed E-state index contributed by atoms with van der Waals surface area (Å²) in [4.78, 5) is 0.356. The van der Waals surface area contributed by atoms with Crippen molar-refractivity contribution in [1.29, 1.82) is 0 Å². The summed E-state index contributed by atoms with van der Waals surface area (Å²) in [6.07, 6.45) is 2.08. The first-order chi connectivity index (χ1) is 9.19. The molecule has 1 atom stereocenters. The molecule has 0 aliphatic carbocycles. The summed E-state index contributed by atoms with van der Waals surface area (Å²) < 4.78 is 5.16. The Balaban J connectivity index is 1.93. The van der Waals surface area contributed by atoms with Gasteiger partial charge in [-0.15, -0.1) is 0 Å². The Kier molecular flexibility index (Phi) is 5.29. The Bertz CT molecular complexity index is 507. The number of hydrogen-bond acceptors (Lipinski definition) is 1. The van der Waals surface area contributed by atoms with Crippen molar-refractivity contribution < 1.29 is 4.74 Å². The molecule has 1 unspecified atom stereocenters. The lowest BCUT2D eigenvalue weighted by Crippen LogP contribution is -1.94. The number of ether oxygens (including phenoxy) is 1. The van der Waals surface area contributed by atoms with Gasteiger partial charge in [-0.3, -0.25) is 0 Å². The van der Waals surface area contributed by atoms with Crippen LogP contribution in [0.25, 0.3) is 0 Å². The maximum absolute atomic E-state index is 5.88. The number of alkyl halides is 1. The fraction of sp³-hybridized carbons (Fsp3) is 0.250. The lowest BCUT2D eigenvalue weighted by molar-refractivity contribution is 0.414. The van der Waals surface area contributed by atoms with Gasteiger partial charge in [-0.1, -0.05) is 51.8 Å². The van der Waals surface area contributed by atoms with Gasteiger partial charge in [-0.25, -0.2) is 0 Å². The van der Waals surface area contributed by atoms with Crippen LogP contribution in [-0.2, 0) is 6.42 Å². The molecule has 0 fully saturated rings. The van der Waals surface area contributed by atoms with Gasteiger partial charge >= 0.3 is 0 Å². The number of halogens is 2. The molecule has 0 aliphatic heterocycles. The molecular formula is C16H16BrClO. The van der Waals surface area contributed by atoms with Crippen molar-refractivity contribution in [2.24, 2.45) is 0 Å². The summed E-state index contributed by atoms with van der Waals surface area (Å²) in [5, 5.41) is 0.786. The molecule has 0 bridgehead atoms. The quantitative estimate of drug-likeness (QED) is 0.661. The molecule has 0 saturated carbocycles. The highest BCUT2D eigenvalue weighted by Crippen LogP contribution is 2.29. The first-order valence-corrected chi connectivity index (χ1v) is 7.51. The molecule has 1 nitrogen and oxygen atoms in total. The summed E-state index contributed by atoms with van der Waals surface area (Å²) in [7, 11) is 1.68. The van der Waals surface area contributed by atoms with Gasteiger partial charge in [0, 0.05) is 9.85 Å². The normalized spacial score (nSPS) is 12.2. The topological polar surface area (TPSA) is 9.23 Å². The SMILES string of the molecule is COc1ccc(C(Br)CCc2ccc(Cl)cc2)cc1. The van der Waals surface area contributed by atoms with Crippen molar-refractivity contribution in [2.45, 2.75) is 17.7 Å². The van der Waals surface area contributed by atoms with Crippen LogP contribution in [0.3, 0.4) is 0 Å². The van der Waals surface area contributed by atoms with Crippen LogP contribution in [0.2, 0.25) is 5.02 Å². The first kappa shape index (κ1) is 14.4. The van der Waals surface area contributed by atoms with Gasteiger partial charge in [0.1, 0.15) is 5.75 Å². The van der Waals surface area contributed by atoms with E-state index >= 15 is 0 Å². The highest BCUT2D eigenvalue weighted by Gasteiger charge is 2.07. The molecule has 0 aliphatic rings. The van der Waals surface area contributed by atoms with E-state index in [0.717, 1.165) is 23.6 Å². The molecule has 2 aromatic carbocycles. The fourth-order valence-corrected chi connectivity index (χ4v) is 2.58. The summed E-state index contributed by atoms with van der Waals surface area (Å²) in [6, 6.07) is 16.2. The van der Waals surface area contributed by atoms with E-state index in [1.165, 1.54) is 11.1 Å². The largest absolute Gasteiger partial charge is 0.497 e. The predicted molar refractivity (Wildman–Crippen MR) is 84.4 cm³/mol. The van der Waals surface area contributed by atoms with Crippen molar-refractivity contribution in [3.05, 3.63) is 64.7 Å². The fourth-order valence-electron chi connectivity index (χ4n) is 1.92. The average molecular weight is 340 g/mol. The summed E-state index contributed by atoms with van der Waals surface area (Å²) >= 11 is 9.62. The Hall–Kier alpha value is -0.990. The minimum absolute atomic E-state index is 0.356. The molecule has 0 N–H and O–H groups in total. The van der Waals surface area contributed by atoms with E-state index in [0.29, 0.717) is 4.83 Å². The maximum atomic E-state index is 5.88. The van der Waals surface area contributed by atoms with E-state index in [9.17, 15) is 0 Å². The van der Waals surface area contributed by atoms with E-state index < -0.39 is 0 Å². The van der Waals surface area contributed by atoms with Crippen molar-refractivity contribution in [2.75, 3.05) is 7.11 Å². The second-order valence-corrected chi connectivity index (χ2v) is 5.95. The van der Waals surface area contributed by atoms with Crippen molar-refractivity contribution in [1.82, 2.24) is 0 Å². The predicted octanol–water partition coefficient (Wildman–Crippen LogP) is 5.42. The maximum Gasteiger partial charge on any atom is 0.118 e. The van der Waals surface area contributed by atoms with Gasteiger partial charge in [-0.2, -0.15) is 0 Å². The van der Waals surface area contributed by atoms with Crippen LogP contribution < -0.4 is 4.74 Å². The van der Waals surface area contributed by atoms with E-state index in [1.54, 1.807) is 7.11 Å². The lowest BCUT2D eigenvalue weighted by atomic mass is 10.0. The summed E-state index contributed by atoms with van der Waals surface area (Å²) in [5.41, 5.74) is 2.58. The molecule has 100 valence electrons. The third-order valence-electron chi connectivity index (χ3n) is 3.08. The van der Waals surface area contributed by atoms with Crippen LogP contribution in [0.15, 0.2) is 48.5 Å². The lowest BCUT2D eigenvalue weighted by Gasteiger charge is -2.11. The van der Waals surface area contributed by atoms with Crippen LogP contribution >= 0.6 is 27.5 Å². The van der Waals surface area contributed by atoms with Crippen LogP contribution in [-0.4, -0.2) is 7.11 Å². The second kappa shape index (κ2) is 6.97. The molecule has 2 aromatic rings. The molecule has 0 aromatic heterocycles. The Labute approximate surface area is 127 Å². The Morgan fingerprint density at radius 2 is 1.68 bits per heavy atom. The van der Waals surface area contributed by atoms with Crippen LogP contribution in [0.5, 0.6) is 5.75 Å². The zero-order chi connectivity index (χ0) is 13.7. The molecule has 3 heteroatoms. The van der Waals surface area contributed by atoms with Crippen LogP contribution in [0.4, 0.5) is 0 Å². The molecule has 0 spiro atoms. The zero-order valence-electron chi connectivity index (χ0n) is 10.8. The van der Waals surface area contributed by atoms with Crippen molar-refractivity contribution in [3.8, 4) is 5.75 Å². The third-order valence-corrected chi connectivity index (χ3v) is 4.32. The van der Waals surface area contributed by atoms with Gasteiger partial charge in [0.05, 0.1) is 7.11 Å². The number of hydrogen-bond donors (Lipinski definition) is 0. The van der Waals surface area contributed by atoms with E-state index in [4.69, 9.17) is 16.3 Å². The first-order valence-electron chi connectivity index (χ1n) is 6.21. The van der Waals surface area contributed by atoms with Gasteiger partial charge < -0.3 is 4.74 Å². The summed E-state index contributed by atoms with van der Waals surface area (Å²) in [5.74, 6) is 0.890. The minimum Gasteiger partial charge on any atom is -0.497 e. The van der Waals surface area contributed by atoms with Gasteiger partial charge in [0.2, 0.25) is 0 Å². The van der Waals surface area contributed by atoms with Crippen molar-refractivity contribution >= 4 is 27.5 Å². The van der Waals surface area contributed by atoms with E-state index in [2.05, 4.69) is 40.2 Å². The second-order valence-electron chi connectivity index (χ2n) is 4.41. The Morgan fingerprint density at radius 3 is 2.26 bits per heavy atom. The highest BCUT2D eigenvalue weighted by atomic mass is 79.9. The number of methoxy groups -OCH3 is 1. The molecular weight excluding hydrogens is 324 g/mol. The molecule has 0 saturated heterocycles. The summed E-state index contributed by atoms with van der Waals surface area (Å²) in [6.45, 7) is 0. The Morgan fingerprint density at radius 1 is 1.05 bits per heavy atom. The molecule has 2 rings (SSSR count). The van der Waals surface area contributed by atoms with E-state index in [1.807, 2.05) is 24.3 Å². The average Bonchev–Trinajstić information content (AvgIpc) is 2.46. The number of rotatable bonds is 5. The minimum atomic E-state index is 0.356. The van der Waals surface area contributed by atoms with Gasteiger partial charge in [0.25, 0.3) is 0 Å². The van der Waals surface area contributed by atoms with Gasteiger partial charge in [-0.05, 0) is 48.2 Å². The number of aryl methyl sites for hydroxylation is 1. The smallest absolute Gasteiger partial charge is 0.118 e.